The highest BCUT2D eigenvalue weighted by atomic mass is 28.5. The molecule has 2 aliphatic rings. The Morgan fingerprint density at radius 2 is 1.02 bits per heavy atom. The van der Waals surface area contributed by atoms with Crippen molar-refractivity contribution in [2.24, 2.45) is 0 Å². The topological polar surface area (TPSA) is 83.1 Å². The standard InChI is InChI=1S/C54H72O9Si2/c1-39(2)64(40(3)4)60-38-50-49(62-65(63-64,41(5)6)42(7)8)31-53(61-50)58-37-52(57-34-44-22-14-10-15-23-44)54(59-35-45-24-16-11-17-25-45)51(56-33-43-20-12-9-13-21-43)36-55-32-46-28-29-47-26-18-19-27-48(47)30-46/h9-30,39-42,49-54H,31-38H2,1-8H3/t49?,50-,51?,52?,53-,54?/m1/s1. The van der Waals surface area contributed by atoms with Crippen LogP contribution in [0.15, 0.2) is 133 Å². The molecule has 0 aliphatic carbocycles. The molecule has 5 aromatic rings. The number of ether oxygens (including phenoxy) is 6. The Hall–Kier alpha value is -3.57. The van der Waals surface area contributed by atoms with Crippen molar-refractivity contribution in [2.75, 3.05) is 19.8 Å². The fraction of sp³-hybridized carbons (Fsp3) is 0.481. The Morgan fingerprint density at radius 1 is 0.508 bits per heavy atom. The molecule has 0 bridgehead atoms. The quantitative estimate of drug-likeness (QED) is 0.0630. The molecule has 2 aliphatic heterocycles. The Kier molecular flexibility index (Phi) is 17.8. The third kappa shape index (κ3) is 12.7. The van der Waals surface area contributed by atoms with Crippen molar-refractivity contribution in [1.82, 2.24) is 0 Å². The van der Waals surface area contributed by atoms with E-state index < -0.39 is 41.7 Å². The lowest BCUT2D eigenvalue weighted by atomic mass is 10.1. The van der Waals surface area contributed by atoms with E-state index in [-0.39, 0.29) is 47.6 Å². The molecule has 350 valence electrons. The van der Waals surface area contributed by atoms with Gasteiger partial charge in [-0.3, -0.25) is 0 Å². The molecule has 0 aromatic heterocycles. The van der Waals surface area contributed by atoms with Gasteiger partial charge in [0.2, 0.25) is 0 Å². The molecule has 0 amide bonds. The van der Waals surface area contributed by atoms with Crippen molar-refractivity contribution >= 4 is 27.9 Å². The largest absolute Gasteiger partial charge is 0.414 e. The maximum absolute atomic E-state index is 7.46. The van der Waals surface area contributed by atoms with Gasteiger partial charge in [-0.1, -0.05) is 183 Å². The van der Waals surface area contributed by atoms with E-state index in [1.165, 1.54) is 10.8 Å². The van der Waals surface area contributed by atoms with Crippen LogP contribution in [0.25, 0.3) is 10.8 Å². The first-order chi connectivity index (χ1) is 31.5. The highest BCUT2D eigenvalue weighted by Crippen LogP contribution is 2.47. The zero-order valence-corrected chi connectivity index (χ0v) is 41.8. The summed E-state index contributed by atoms with van der Waals surface area (Å²) in [6, 6.07) is 45.5. The van der Waals surface area contributed by atoms with E-state index in [4.69, 9.17) is 41.4 Å². The average molecular weight is 921 g/mol. The summed E-state index contributed by atoms with van der Waals surface area (Å²) in [4.78, 5) is 0. The first-order valence-corrected chi connectivity index (χ1v) is 27.7. The summed E-state index contributed by atoms with van der Waals surface area (Å²) in [5.41, 5.74) is 5.12. The van der Waals surface area contributed by atoms with E-state index in [2.05, 4.69) is 134 Å². The number of benzene rings is 5. The Labute approximate surface area is 390 Å². The lowest BCUT2D eigenvalue weighted by molar-refractivity contribution is -0.207. The van der Waals surface area contributed by atoms with E-state index in [1.54, 1.807) is 0 Å². The molecule has 2 heterocycles. The fourth-order valence-corrected chi connectivity index (χ4v) is 20.5. The molecule has 6 atom stereocenters. The van der Waals surface area contributed by atoms with Gasteiger partial charge in [0.05, 0.1) is 52.4 Å². The molecule has 0 spiro atoms. The Bertz CT molecular complexity index is 2140. The summed E-state index contributed by atoms with van der Waals surface area (Å²) in [5, 5.41) is 2.37. The van der Waals surface area contributed by atoms with E-state index in [0.29, 0.717) is 39.5 Å². The minimum absolute atomic E-state index is 0.178. The summed E-state index contributed by atoms with van der Waals surface area (Å²) >= 11 is 0. The minimum atomic E-state index is -2.83. The number of hydrogen-bond acceptors (Lipinski definition) is 9. The molecular weight excluding hydrogens is 849 g/mol. The van der Waals surface area contributed by atoms with Gasteiger partial charge in [-0.15, -0.1) is 0 Å². The van der Waals surface area contributed by atoms with Crippen LogP contribution in [0.3, 0.4) is 0 Å². The van der Waals surface area contributed by atoms with Crippen molar-refractivity contribution in [3.8, 4) is 0 Å². The van der Waals surface area contributed by atoms with Crippen molar-refractivity contribution in [3.05, 3.63) is 156 Å². The van der Waals surface area contributed by atoms with Crippen LogP contribution in [0, 0.1) is 0 Å². The zero-order valence-electron chi connectivity index (χ0n) is 39.8. The summed E-state index contributed by atoms with van der Waals surface area (Å²) < 4.78 is 62.8. The Balaban J connectivity index is 1.16. The van der Waals surface area contributed by atoms with E-state index in [9.17, 15) is 0 Å². The maximum atomic E-state index is 7.46. The fourth-order valence-electron chi connectivity index (χ4n) is 9.29. The van der Waals surface area contributed by atoms with Gasteiger partial charge in [0.1, 0.15) is 24.4 Å². The van der Waals surface area contributed by atoms with Gasteiger partial charge in [0, 0.05) is 6.42 Å². The first-order valence-electron chi connectivity index (χ1n) is 23.8. The van der Waals surface area contributed by atoms with Gasteiger partial charge in [-0.25, -0.2) is 0 Å². The Morgan fingerprint density at radius 3 is 1.57 bits per heavy atom. The summed E-state index contributed by atoms with van der Waals surface area (Å²) in [5.74, 6) is 0. The lowest BCUT2D eigenvalue weighted by Crippen LogP contribution is -2.65. The maximum Gasteiger partial charge on any atom is 0.335 e. The van der Waals surface area contributed by atoms with Crippen LogP contribution >= 0.6 is 0 Å². The average Bonchev–Trinajstić information content (AvgIpc) is 3.69. The first kappa shape index (κ1) is 49.3. The number of rotatable bonds is 22. The van der Waals surface area contributed by atoms with Crippen LogP contribution < -0.4 is 0 Å². The highest BCUT2D eigenvalue weighted by Gasteiger charge is 2.60. The zero-order chi connectivity index (χ0) is 45.8. The van der Waals surface area contributed by atoms with Gasteiger partial charge in [-0.05, 0) is 61.3 Å². The predicted octanol–water partition coefficient (Wildman–Crippen LogP) is 12.2. The molecule has 4 unspecified atom stereocenters. The molecule has 2 fully saturated rings. The molecular formula is C54H72O9Si2. The van der Waals surface area contributed by atoms with Gasteiger partial charge in [0.15, 0.2) is 6.29 Å². The van der Waals surface area contributed by atoms with Crippen molar-refractivity contribution in [3.63, 3.8) is 0 Å². The van der Waals surface area contributed by atoms with E-state index in [0.717, 1.165) is 22.3 Å². The molecule has 0 radical (unpaired) electrons. The van der Waals surface area contributed by atoms with Gasteiger partial charge >= 0.3 is 17.1 Å². The second-order valence-corrected chi connectivity index (χ2v) is 27.8. The number of fused-ring (bicyclic) bond motifs is 2. The normalized spacial score (nSPS) is 21.1. The van der Waals surface area contributed by atoms with Crippen molar-refractivity contribution in [1.29, 1.82) is 0 Å². The van der Waals surface area contributed by atoms with Crippen LogP contribution in [0.5, 0.6) is 0 Å². The molecule has 11 heteroatoms. The third-order valence-electron chi connectivity index (χ3n) is 13.0. The van der Waals surface area contributed by atoms with Crippen LogP contribution in [-0.4, -0.2) is 73.8 Å². The van der Waals surface area contributed by atoms with Crippen LogP contribution in [0.4, 0.5) is 0 Å². The molecule has 2 saturated heterocycles. The van der Waals surface area contributed by atoms with Gasteiger partial charge < -0.3 is 41.4 Å². The minimum Gasteiger partial charge on any atom is -0.414 e. The smallest absolute Gasteiger partial charge is 0.335 e. The van der Waals surface area contributed by atoms with Crippen LogP contribution in [0.1, 0.15) is 84.1 Å². The van der Waals surface area contributed by atoms with Gasteiger partial charge in [-0.2, -0.15) is 0 Å². The molecule has 7 rings (SSSR count). The molecule has 0 N–H and O–H groups in total. The third-order valence-corrected chi connectivity index (χ3v) is 23.2. The van der Waals surface area contributed by atoms with Crippen molar-refractivity contribution in [2.45, 2.75) is 147 Å². The summed E-state index contributed by atoms with van der Waals surface area (Å²) in [7, 11) is -5.56. The molecule has 65 heavy (non-hydrogen) atoms. The highest BCUT2D eigenvalue weighted by molar-refractivity contribution is 6.84. The summed E-state index contributed by atoms with van der Waals surface area (Å²) in [6.45, 7) is 20.3. The molecule has 0 saturated carbocycles. The van der Waals surface area contributed by atoms with Gasteiger partial charge in [0.25, 0.3) is 0 Å². The SMILES string of the molecule is CC(C)[Si]1(C(C)C)OC[C@H]2O[C@@H](OCC(OCc3ccccc3)C(OCc3ccccc3)C(COCc3ccc4ccccc4c3)OCc3ccccc3)CC2O[Si](C(C)C)(C(C)C)O1. The lowest BCUT2D eigenvalue weighted by Gasteiger charge is -2.51. The monoisotopic (exact) mass is 920 g/mol. The van der Waals surface area contributed by atoms with E-state index in [1.807, 2.05) is 54.6 Å². The predicted molar refractivity (Wildman–Crippen MR) is 262 cm³/mol. The molecule has 9 nitrogen and oxygen atoms in total. The summed E-state index contributed by atoms with van der Waals surface area (Å²) in [6.07, 6.45) is -2.26. The van der Waals surface area contributed by atoms with E-state index >= 15 is 0 Å². The molecule has 5 aromatic carbocycles. The van der Waals surface area contributed by atoms with Crippen LogP contribution in [-0.2, 0) is 67.8 Å². The van der Waals surface area contributed by atoms with Crippen LogP contribution in [0.2, 0.25) is 22.2 Å². The second-order valence-electron chi connectivity index (χ2n) is 18.9. The van der Waals surface area contributed by atoms with Crippen molar-refractivity contribution < 1.29 is 41.4 Å². The number of hydrogen-bond donors (Lipinski definition) is 0. The second kappa shape index (κ2) is 23.4.